The largest absolute Gasteiger partial charge is 0.477 e. The molecule has 0 atom stereocenters. The molecule has 0 aliphatic heterocycles. The molecule has 78 valence electrons. The molecule has 14 heavy (non-hydrogen) atoms. The molecule has 0 radical (unpaired) electrons. The van der Waals surface area contributed by atoms with Gasteiger partial charge < -0.3 is 5.11 Å². The molecule has 0 saturated carbocycles. The minimum atomic E-state index is -1.08. The Kier molecular flexibility index (Phi) is 2.78. The normalized spacial score (nSPS) is 10.9. The van der Waals surface area contributed by atoms with Crippen LogP contribution in [0.25, 0.3) is 0 Å². The molecule has 5 heteroatoms. The first-order valence-corrected chi connectivity index (χ1v) is 4.43. The van der Waals surface area contributed by atoms with Crippen LogP contribution in [-0.4, -0.2) is 20.2 Å². The zero-order chi connectivity index (χ0) is 10.9. The second kappa shape index (κ2) is 3.69. The highest BCUT2D eigenvalue weighted by Crippen LogP contribution is 2.00. The molecule has 0 saturated heterocycles. The van der Waals surface area contributed by atoms with Crippen LogP contribution in [0.15, 0.2) is 11.0 Å². The van der Waals surface area contributed by atoms with Crippen LogP contribution in [0.4, 0.5) is 0 Å². The minimum absolute atomic E-state index is 0.0238. The van der Waals surface area contributed by atoms with Crippen molar-refractivity contribution in [1.82, 2.24) is 9.13 Å². The quantitative estimate of drug-likeness (QED) is 0.771. The van der Waals surface area contributed by atoms with Gasteiger partial charge in [-0.1, -0.05) is 13.8 Å². The number of aromatic nitrogens is 2. The lowest BCUT2D eigenvalue weighted by Crippen LogP contribution is -2.24. The number of carboxylic acids is 1. The van der Waals surface area contributed by atoms with Gasteiger partial charge >= 0.3 is 11.7 Å². The summed E-state index contributed by atoms with van der Waals surface area (Å²) in [5.41, 5.74) is -0.258. The molecule has 0 bridgehead atoms. The van der Waals surface area contributed by atoms with Crippen molar-refractivity contribution >= 4 is 5.97 Å². The number of nitrogens with zero attached hydrogens (tertiary/aromatic N) is 2. The molecule has 0 amide bonds. The van der Waals surface area contributed by atoms with Gasteiger partial charge in [-0.25, -0.2) is 9.59 Å². The first kappa shape index (κ1) is 10.6. The first-order chi connectivity index (χ1) is 6.43. The second-order valence-electron chi connectivity index (χ2n) is 3.71. The van der Waals surface area contributed by atoms with Gasteiger partial charge in [-0.15, -0.1) is 0 Å². The van der Waals surface area contributed by atoms with Crippen molar-refractivity contribution < 1.29 is 9.90 Å². The van der Waals surface area contributed by atoms with Crippen LogP contribution >= 0.6 is 0 Å². The molecule has 0 aromatic carbocycles. The van der Waals surface area contributed by atoms with E-state index in [1.807, 2.05) is 13.8 Å². The summed E-state index contributed by atoms with van der Waals surface area (Å²) < 4.78 is 2.57. The molecule has 1 aromatic rings. The van der Waals surface area contributed by atoms with Gasteiger partial charge in [-0.2, -0.15) is 0 Å². The van der Waals surface area contributed by atoms with Crippen molar-refractivity contribution in [1.29, 1.82) is 0 Å². The molecule has 0 aliphatic rings. The van der Waals surface area contributed by atoms with Crippen LogP contribution in [0.2, 0.25) is 0 Å². The summed E-state index contributed by atoms with van der Waals surface area (Å²) in [5, 5.41) is 8.76. The molecule has 0 fully saturated rings. The average molecular weight is 198 g/mol. The summed E-state index contributed by atoms with van der Waals surface area (Å²) >= 11 is 0. The predicted molar refractivity (Wildman–Crippen MR) is 51.5 cm³/mol. The summed E-state index contributed by atoms with van der Waals surface area (Å²) in [7, 11) is 1.46. The highest BCUT2D eigenvalue weighted by Gasteiger charge is 2.13. The molecule has 0 aliphatic carbocycles. The van der Waals surface area contributed by atoms with Gasteiger partial charge in [0.2, 0.25) is 0 Å². The number of imidazole rings is 1. The fourth-order valence-corrected chi connectivity index (χ4v) is 1.31. The van der Waals surface area contributed by atoms with Gasteiger partial charge in [-0.05, 0) is 5.92 Å². The van der Waals surface area contributed by atoms with Gasteiger partial charge in [0.25, 0.3) is 0 Å². The van der Waals surface area contributed by atoms with Crippen LogP contribution < -0.4 is 5.69 Å². The number of carbonyl (C=O) groups is 1. The standard InChI is InChI=1S/C9H14N2O3/c1-6(2)4-11-5-7(8(12)13)10(3)9(11)14/h5-6H,4H2,1-3H3,(H,12,13). The Bertz CT molecular complexity index is 401. The van der Waals surface area contributed by atoms with E-state index in [1.165, 1.54) is 17.8 Å². The average Bonchev–Trinajstić information content (AvgIpc) is 2.32. The van der Waals surface area contributed by atoms with Gasteiger partial charge in [0.05, 0.1) is 0 Å². The number of rotatable bonds is 3. The lowest BCUT2D eigenvalue weighted by Gasteiger charge is -2.02. The third-order valence-corrected chi connectivity index (χ3v) is 1.95. The van der Waals surface area contributed by atoms with Gasteiger partial charge in [0.1, 0.15) is 5.69 Å². The maximum absolute atomic E-state index is 11.5. The second-order valence-corrected chi connectivity index (χ2v) is 3.71. The van der Waals surface area contributed by atoms with E-state index in [1.54, 1.807) is 0 Å². The Hall–Kier alpha value is -1.52. The highest BCUT2D eigenvalue weighted by atomic mass is 16.4. The molecular formula is C9H14N2O3. The van der Waals surface area contributed by atoms with Crippen molar-refractivity contribution in [2.45, 2.75) is 20.4 Å². The Balaban J connectivity index is 3.16. The first-order valence-electron chi connectivity index (χ1n) is 4.43. The zero-order valence-electron chi connectivity index (χ0n) is 8.52. The number of hydrogen-bond acceptors (Lipinski definition) is 2. The van der Waals surface area contributed by atoms with Crippen LogP contribution in [-0.2, 0) is 13.6 Å². The van der Waals surface area contributed by atoms with Gasteiger partial charge in [0, 0.05) is 19.8 Å². The van der Waals surface area contributed by atoms with E-state index in [9.17, 15) is 9.59 Å². The van der Waals surface area contributed by atoms with Crippen molar-refractivity contribution in [3.8, 4) is 0 Å². The summed E-state index contributed by atoms with van der Waals surface area (Å²) in [6.45, 7) is 4.49. The molecule has 1 rings (SSSR count). The Morgan fingerprint density at radius 2 is 2.14 bits per heavy atom. The van der Waals surface area contributed by atoms with Crippen molar-refractivity contribution in [3.63, 3.8) is 0 Å². The van der Waals surface area contributed by atoms with Crippen LogP contribution in [0.5, 0.6) is 0 Å². The fraction of sp³-hybridized carbons (Fsp3) is 0.556. The van der Waals surface area contributed by atoms with Crippen LogP contribution in [0.1, 0.15) is 24.3 Å². The molecule has 1 heterocycles. The van der Waals surface area contributed by atoms with E-state index in [2.05, 4.69) is 0 Å². The minimum Gasteiger partial charge on any atom is -0.477 e. The molecule has 0 unspecified atom stereocenters. The number of aromatic carboxylic acids is 1. The Labute approximate surface area is 81.6 Å². The summed E-state index contributed by atoms with van der Waals surface area (Å²) in [6, 6.07) is 0. The Morgan fingerprint density at radius 3 is 2.50 bits per heavy atom. The number of carboxylic acid groups (broad SMARTS) is 1. The topological polar surface area (TPSA) is 64.2 Å². The SMILES string of the molecule is CC(C)Cn1cc(C(=O)O)n(C)c1=O. The van der Waals surface area contributed by atoms with Gasteiger partial charge in [0.15, 0.2) is 0 Å². The highest BCUT2D eigenvalue weighted by molar-refractivity contribution is 5.85. The fourth-order valence-electron chi connectivity index (χ4n) is 1.31. The summed E-state index contributed by atoms with van der Waals surface area (Å²) in [5.74, 6) is -0.760. The predicted octanol–water partition coefficient (Wildman–Crippen LogP) is 0.541. The van der Waals surface area contributed by atoms with Crippen LogP contribution in [0.3, 0.4) is 0 Å². The smallest absolute Gasteiger partial charge is 0.354 e. The van der Waals surface area contributed by atoms with E-state index in [4.69, 9.17) is 5.11 Å². The van der Waals surface area contributed by atoms with E-state index in [-0.39, 0.29) is 11.4 Å². The Morgan fingerprint density at radius 1 is 1.57 bits per heavy atom. The molecule has 1 N–H and O–H groups in total. The molecule has 0 spiro atoms. The maximum Gasteiger partial charge on any atom is 0.354 e. The lowest BCUT2D eigenvalue weighted by atomic mass is 10.2. The monoisotopic (exact) mass is 198 g/mol. The number of hydrogen-bond donors (Lipinski definition) is 1. The van der Waals surface area contributed by atoms with Crippen molar-refractivity contribution in [3.05, 3.63) is 22.4 Å². The third kappa shape index (κ3) is 1.86. The maximum atomic E-state index is 11.5. The lowest BCUT2D eigenvalue weighted by molar-refractivity contribution is 0.0686. The van der Waals surface area contributed by atoms with Crippen molar-refractivity contribution in [2.75, 3.05) is 0 Å². The zero-order valence-corrected chi connectivity index (χ0v) is 8.52. The van der Waals surface area contributed by atoms with E-state index in [0.717, 1.165) is 4.57 Å². The van der Waals surface area contributed by atoms with Crippen LogP contribution in [0, 0.1) is 5.92 Å². The summed E-state index contributed by atoms with van der Waals surface area (Å²) in [4.78, 5) is 22.2. The summed E-state index contributed by atoms with van der Waals surface area (Å²) in [6.07, 6.45) is 1.38. The molecule has 1 aromatic heterocycles. The van der Waals surface area contributed by atoms with Gasteiger partial charge in [-0.3, -0.25) is 9.13 Å². The third-order valence-electron chi connectivity index (χ3n) is 1.95. The molecular weight excluding hydrogens is 184 g/mol. The van der Waals surface area contributed by atoms with E-state index in [0.29, 0.717) is 12.5 Å². The van der Waals surface area contributed by atoms with E-state index >= 15 is 0 Å². The van der Waals surface area contributed by atoms with Crippen molar-refractivity contribution in [2.24, 2.45) is 13.0 Å². The van der Waals surface area contributed by atoms with E-state index < -0.39 is 5.97 Å². The molecule has 5 nitrogen and oxygen atoms in total.